The molecule has 1 heteroatoms. The molecule has 0 fully saturated rings. The smallest absolute Gasteiger partial charge is 0.0617 e. The molecule has 1 nitrogen and oxygen atoms in total. The van der Waals surface area contributed by atoms with Gasteiger partial charge in [0.1, 0.15) is 0 Å². The second-order valence-electron chi connectivity index (χ2n) is 9.08. The average Bonchev–Trinajstić information content (AvgIpc) is 2.64. The molecule has 0 amide bonds. The molecule has 2 aromatic rings. The Hall–Kier alpha value is -2.12. The Kier molecular flexibility index (Phi) is 5.44. The first-order valence-electron chi connectivity index (χ1n) is 9.95. The van der Waals surface area contributed by atoms with Gasteiger partial charge in [0.25, 0.3) is 0 Å². The summed E-state index contributed by atoms with van der Waals surface area (Å²) in [7, 11) is 0. The number of allylic oxidation sites excluding steroid dienone is 2. The Balaban J connectivity index is 2.08. The van der Waals surface area contributed by atoms with Crippen molar-refractivity contribution in [3.63, 3.8) is 0 Å². The molecule has 0 saturated carbocycles. The molecule has 2 aromatic carbocycles. The van der Waals surface area contributed by atoms with Crippen LogP contribution in [0.15, 0.2) is 60.2 Å². The highest BCUT2D eigenvalue weighted by molar-refractivity contribution is 5.77. The molecule has 0 bridgehead atoms. The quantitative estimate of drug-likeness (QED) is 0.605. The summed E-state index contributed by atoms with van der Waals surface area (Å²) in [6.07, 6.45) is 8.50. The van der Waals surface area contributed by atoms with E-state index in [0.717, 1.165) is 5.57 Å². The predicted molar refractivity (Wildman–Crippen MR) is 117 cm³/mol. The summed E-state index contributed by atoms with van der Waals surface area (Å²) >= 11 is 0. The first kappa shape index (κ1) is 19.6. The summed E-state index contributed by atoms with van der Waals surface area (Å²) in [5, 5.41) is 9.06. The molecule has 0 atom stereocenters. The average molecular weight is 361 g/mol. The van der Waals surface area contributed by atoms with Crippen LogP contribution in [-0.4, -0.2) is 11.7 Å². The van der Waals surface area contributed by atoms with Crippen molar-refractivity contribution in [2.75, 3.05) is 6.61 Å². The maximum Gasteiger partial charge on any atom is 0.0617 e. The number of benzene rings is 2. The maximum absolute atomic E-state index is 9.06. The lowest BCUT2D eigenvalue weighted by atomic mass is 9.63. The molecule has 1 N–H and O–H groups in total. The summed E-state index contributed by atoms with van der Waals surface area (Å²) in [6, 6.07) is 15.6. The molecule has 0 unspecified atom stereocenters. The van der Waals surface area contributed by atoms with Gasteiger partial charge in [-0.1, -0.05) is 94.0 Å². The lowest BCUT2D eigenvalue weighted by Crippen LogP contribution is -2.33. The number of hydrogen-bond donors (Lipinski definition) is 1. The molecule has 27 heavy (non-hydrogen) atoms. The third kappa shape index (κ3) is 4.09. The number of fused-ring (bicyclic) bond motifs is 1. The second-order valence-corrected chi connectivity index (χ2v) is 9.08. The van der Waals surface area contributed by atoms with E-state index in [0.29, 0.717) is 0 Å². The summed E-state index contributed by atoms with van der Waals surface area (Å²) in [4.78, 5) is 0. The van der Waals surface area contributed by atoms with E-state index in [1.807, 2.05) is 13.0 Å². The normalized spacial score (nSPS) is 18.5. The van der Waals surface area contributed by atoms with E-state index in [9.17, 15) is 0 Å². The Bertz CT molecular complexity index is 881. The third-order valence-electron chi connectivity index (χ3n) is 6.06. The molecule has 0 aromatic heterocycles. The van der Waals surface area contributed by atoms with E-state index in [2.05, 4.69) is 82.3 Å². The minimum atomic E-state index is 0.0769. The van der Waals surface area contributed by atoms with E-state index in [-0.39, 0.29) is 17.4 Å². The molecule has 1 aliphatic rings. The SMILES string of the molecule is C/C(C=Cc1ccccc1-c1ccc2c(c1)C(C)(C)CCC2(C)C)=C\CO. The van der Waals surface area contributed by atoms with Gasteiger partial charge in [0, 0.05) is 0 Å². The van der Waals surface area contributed by atoms with Gasteiger partial charge in [0.05, 0.1) is 6.61 Å². The van der Waals surface area contributed by atoms with Gasteiger partial charge >= 0.3 is 0 Å². The van der Waals surface area contributed by atoms with Gasteiger partial charge in [-0.15, -0.1) is 0 Å². The van der Waals surface area contributed by atoms with Crippen molar-refractivity contribution in [1.29, 1.82) is 0 Å². The van der Waals surface area contributed by atoms with Crippen LogP contribution in [0.25, 0.3) is 17.2 Å². The van der Waals surface area contributed by atoms with E-state index in [1.165, 1.54) is 40.7 Å². The first-order chi connectivity index (χ1) is 12.7. The van der Waals surface area contributed by atoms with Crippen LogP contribution in [0.4, 0.5) is 0 Å². The summed E-state index contributed by atoms with van der Waals surface area (Å²) < 4.78 is 0. The van der Waals surface area contributed by atoms with Gasteiger partial charge < -0.3 is 5.11 Å². The molecule has 0 heterocycles. The van der Waals surface area contributed by atoms with Gasteiger partial charge in [-0.3, -0.25) is 0 Å². The van der Waals surface area contributed by atoms with Crippen LogP contribution in [-0.2, 0) is 10.8 Å². The number of aliphatic hydroxyl groups excluding tert-OH is 1. The number of hydrogen-bond acceptors (Lipinski definition) is 1. The largest absolute Gasteiger partial charge is 0.392 e. The molecule has 1 aliphatic carbocycles. The van der Waals surface area contributed by atoms with Gasteiger partial charge in [0.15, 0.2) is 0 Å². The van der Waals surface area contributed by atoms with Crippen molar-refractivity contribution < 1.29 is 5.11 Å². The Morgan fingerprint density at radius 2 is 1.63 bits per heavy atom. The number of rotatable bonds is 4. The monoisotopic (exact) mass is 360 g/mol. The highest BCUT2D eigenvalue weighted by Crippen LogP contribution is 2.47. The summed E-state index contributed by atoms with van der Waals surface area (Å²) in [5.74, 6) is 0. The highest BCUT2D eigenvalue weighted by atomic mass is 16.2. The lowest BCUT2D eigenvalue weighted by Gasteiger charge is -2.42. The minimum Gasteiger partial charge on any atom is -0.392 e. The second kappa shape index (κ2) is 7.48. The van der Waals surface area contributed by atoms with Crippen LogP contribution in [0.1, 0.15) is 64.2 Å². The Morgan fingerprint density at radius 1 is 0.963 bits per heavy atom. The van der Waals surface area contributed by atoms with Crippen molar-refractivity contribution in [2.24, 2.45) is 0 Å². The zero-order valence-corrected chi connectivity index (χ0v) is 17.3. The molecule has 0 radical (unpaired) electrons. The molecule has 0 saturated heterocycles. The third-order valence-corrected chi connectivity index (χ3v) is 6.06. The van der Waals surface area contributed by atoms with Crippen molar-refractivity contribution in [1.82, 2.24) is 0 Å². The Morgan fingerprint density at radius 3 is 2.33 bits per heavy atom. The molecule has 0 spiro atoms. The fourth-order valence-electron chi connectivity index (χ4n) is 4.09. The molecular weight excluding hydrogens is 328 g/mol. The zero-order valence-electron chi connectivity index (χ0n) is 17.3. The van der Waals surface area contributed by atoms with Crippen LogP contribution < -0.4 is 0 Å². The lowest BCUT2D eigenvalue weighted by molar-refractivity contribution is 0.332. The predicted octanol–water partition coefficient (Wildman–Crippen LogP) is 6.65. The van der Waals surface area contributed by atoms with Crippen molar-refractivity contribution in [3.8, 4) is 11.1 Å². The van der Waals surface area contributed by atoms with E-state index in [1.54, 1.807) is 0 Å². The van der Waals surface area contributed by atoms with Gasteiger partial charge in [-0.05, 0) is 58.4 Å². The van der Waals surface area contributed by atoms with Crippen LogP contribution in [0.2, 0.25) is 0 Å². The van der Waals surface area contributed by atoms with Crippen molar-refractivity contribution in [2.45, 2.75) is 58.3 Å². The fourth-order valence-corrected chi connectivity index (χ4v) is 4.09. The summed E-state index contributed by atoms with van der Waals surface area (Å²) in [6.45, 7) is 11.6. The number of aliphatic hydroxyl groups is 1. The van der Waals surface area contributed by atoms with Gasteiger partial charge in [-0.2, -0.15) is 0 Å². The van der Waals surface area contributed by atoms with Crippen LogP contribution in [0.5, 0.6) is 0 Å². The standard InChI is InChI=1S/C26H32O/c1-19(14-17-27)10-11-20-8-6-7-9-22(20)21-12-13-23-24(18-21)26(4,5)16-15-25(23,2)3/h6-14,18,27H,15-17H2,1-5H3/b11-10?,19-14+. The first-order valence-corrected chi connectivity index (χ1v) is 9.95. The van der Waals surface area contributed by atoms with Crippen molar-refractivity contribution >= 4 is 6.08 Å². The molecule has 3 rings (SSSR count). The molecule has 0 aliphatic heterocycles. The molecule has 142 valence electrons. The minimum absolute atomic E-state index is 0.0769. The Labute approximate surface area is 164 Å². The van der Waals surface area contributed by atoms with Gasteiger partial charge in [-0.25, -0.2) is 0 Å². The maximum atomic E-state index is 9.06. The van der Waals surface area contributed by atoms with E-state index < -0.39 is 0 Å². The highest BCUT2D eigenvalue weighted by Gasteiger charge is 2.36. The van der Waals surface area contributed by atoms with Crippen molar-refractivity contribution in [3.05, 3.63) is 76.9 Å². The fraction of sp³-hybridized carbons (Fsp3) is 0.385. The van der Waals surface area contributed by atoms with E-state index in [4.69, 9.17) is 5.11 Å². The van der Waals surface area contributed by atoms with E-state index >= 15 is 0 Å². The van der Waals surface area contributed by atoms with Crippen LogP contribution >= 0.6 is 0 Å². The summed E-state index contributed by atoms with van der Waals surface area (Å²) in [5.41, 5.74) is 8.26. The van der Waals surface area contributed by atoms with Crippen LogP contribution in [0.3, 0.4) is 0 Å². The molecular formula is C26H32O. The zero-order chi connectivity index (χ0) is 19.7. The van der Waals surface area contributed by atoms with Crippen LogP contribution in [0, 0.1) is 0 Å². The van der Waals surface area contributed by atoms with Gasteiger partial charge in [0.2, 0.25) is 0 Å². The topological polar surface area (TPSA) is 20.2 Å².